The standard InChI is InChI=1S/C14H20ClFO/c1-3-4-5-8-14(2,17)10-11-6-7-12(15)9-13(11)16/h6-7,9,17H,3-5,8,10H2,1-2H3. The average molecular weight is 259 g/mol. The van der Waals surface area contributed by atoms with Crippen LogP contribution in [0.25, 0.3) is 0 Å². The minimum atomic E-state index is -0.843. The first kappa shape index (κ1) is 14.5. The molecule has 1 unspecified atom stereocenters. The molecule has 1 atom stereocenters. The highest BCUT2D eigenvalue weighted by atomic mass is 35.5. The quantitative estimate of drug-likeness (QED) is 0.752. The third-order valence-electron chi connectivity index (χ3n) is 2.91. The van der Waals surface area contributed by atoms with E-state index in [4.69, 9.17) is 11.6 Å². The van der Waals surface area contributed by atoms with Crippen LogP contribution in [0.2, 0.25) is 5.02 Å². The SMILES string of the molecule is CCCCCC(C)(O)Cc1ccc(Cl)cc1F. The van der Waals surface area contributed by atoms with Gasteiger partial charge < -0.3 is 5.11 Å². The molecular formula is C14H20ClFO. The Morgan fingerprint density at radius 1 is 1.35 bits per heavy atom. The van der Waals surface area contributed by atoms with E-state index in [-0.39, 0.29) is 5.82 Å². The van der Waals surface area contributed by atoms with Crippen molar-refractivity contribution in [1.29, 1.82) is 0 Å². The van der Waals surface area contributed by atoms with Gasteiger partial charge in [-0.2, -0.15) is 0 Å². The van der Waals surface area contributed by atoms with Crippen molar-refractivity contribution in [3.8, 4) is 0 Å². The highest BCUT2D eigenvalue weighted by molar-refractivity contribution is 6.30. The van der Waals surface area contributed by atoms with Crippen molar-refractivity contribution in [2.45, 2.75) is 51.6 Å². The molecular weight excluding hydrogens is 239 g/mol. The van der Waals surface area contributed by atoms with Crippen LogP contribution in [-0.4, -0.2) is 10.7 Å². The first-order chi connectivity index (χ1) is 7.94. The Balaban J connectivity index is 2.62. The molecule has 0 radical (unpaired) electrons. The van der Waals surface area contributed by atoms with E-state index in [1.54, 1.807) is 19.1 Å². The summed E-state index contributed by atoms with van der Waals surface area (Å²) in [5.41, 5.74) is -0.319. The minimum absolute atomic E-state index is 0.333. The van der Waals surface area contributed by atoms with Crippen molar-refractivity contribution in [2.75, 3.05) is 0 Å². The summed E-state index contributed by atoms with van der Waals surface area (Å²) >= 11 is 5.69. The number of unbranched alkanes of at least 4 members (excludes halogenated alkanes) is 2. The van der Waals surface area contributed by atoms with Gasteiger partial charge in [-0.1, -0.05) is 43.9 Å². The number of hydrogen-bond acceptors (Lipinski definition) is 1. The van der Waals surface area contributed by atoms with Crippen LogP contribution in [-0.2, 0) is 6.42 Å². The van der Waals surface area contributed by atoms with Gasteiger partial charge in [-0.25, -0.2) is 4.39 Å². The summed E-state index contributed by atoms with van der Waals surface area (Å²) in [5, 5.41) is 10.6. The molecule has 0 aliphatic carbocycles. The van der Waals surface area contributed by atoms with Gasteiger partial charge in [-0.3, -0.25) is 0 Å². The lowest BCUT2D eigenvalue weighted by molar-refractivity contribution is 0.0477. The fourth-order valence-electron chi connectivity index (χ4n) is 1.92. The fraction of sp³-hybridized carbons (Fsp3) is 0.571. The summed E-state index contributed by atoms with van der Waals surface area (Å²) in [4.78, 5) is 0. The molecule has 0 fully saturated rings. The molecule has 17 heavy (non-hydrogen) atoms. The molecule has 0 aliphatic heterocycles. The highest BCUT2D eigenvalue weighted by Crippen LogP contribution is 2.23. The molecule has 1 N–H and O–H groups in total. The molecule has 0 saturated heterocycles. The molecule has 1 nitrogen and oxygen atoms in total. The molecule has 3 heteroatoms. The van der Waals surface area contributed by atoms with E-state index >= 15 is 0 Å². The number of rotatable bonds is 6. The molecule has 0 bridgehead atoms. The largest absolute Gasteiger partial charge is 0.390 e. The lowest BCUT2D eigenvalue weighted by Crippen LogP contribution is -2.27. The highest BCUT2D eigenvalue weighted by Gasteiger charge is 2.21. The van der Waals surface area contributed by atoms with Crippen LogP contribution in [0.1, 0.15) is 45.1 Å². The van der Waals surface area contributed by atoms with Crippen molar-refractivity contribution < 1.29 is 9.50 Å². The van der Waals surface area contributed by atoms with Gasteiger partial charge in [0, 0.05) is 11.4 Å². The van der Waals surface area contributed by atoms with Crippen molar-refractivity contribution in [1.82, 2.24) is 0 Å². The summed E-state index contributed by atoms with van der Waals surface area (Å²) in [6, 6.07) is 4.59. The zero-order valence-corrected chi connectivity index (χ0v) is 11.2. The minimum Gasteiger partial charge on any atom is -0.390 e. The van der Waals surface area contributed by atoms with E-state index in [1.165, 1.54) is 6.07 Å². The first-order valence-corrected chi connectivity index (χ1v) is 6.49. The smallest absolute Gasteiger partial charge is 0.127 e. The topological polar surface area (TPSA) is 20.2 Å². The Labute approximate surface area is 108 Å². The summed E-state index contributed by atoms with van der Waals surface area (Å²) in [6.07, 6.45) is 4.21. The van der Waals surface area contributed by atoms with Crippen LogP contribution in [0, 0.1) is 5.82 Å². The fourth-order valence-corrected chi connectivity index (χ4v) is 2.08. The Kier molecular flexibility index (Phi) is 5.41. The van der Waals surface area contributed by atoms with E-state index in [2.05, 4.69) is 6.92 Å². The van der Waals surface area contributed by atoms with Crippen LogP contribution >= 0.6 is 11.6 Å². The van der Waals surface area contributed by atoms with Gasteiger partial charge in [0.05, 0.1) is 5.60 Å². The van der Waals surface area contributed by atoms with Gasteiger partial charge >= 0.3 is 0 Å². The summed E-state index contributed by atoms with van der Waals surface area (Å²) < 4.78 is 13.6. The van der Waals surface area contributed by atoms with Crippen LogP contribution in [0.3, 0.4) is 0 Å². The number of hydrogen-bond donors (Lipinski definition) is 1. The second-order valence-electron chi connectivity index (χ2n) is 4.87. The maximum Gasteiger partial charge on any atom is 0.127 e. The third-order valence-corrected chi connectivity index (χ3v) is 3.14. The molecule has 0 aromatic heterocycles. The second kappa shape index (κ2) is 6.36. The number of benzene rings is 1. The van der Waals surface area contributed by atoms with Crippen molar-refractivity contribution in [3.63, 3.8) is 0 Å². The molecule has 0 aliphatic rings. The predicted octanol–water partition coefficient (Wildman–Crippen LogP) is 4.35. The van der Waals surface area contributed by atoms with E-state index in [0.717, 1.165) is 19.3 Å². The Bertz CT molecular complexity index is 363. The van der Waals surface area contributed by atoms with Crippen molar-refractivity contribution >= 4 is 11.6 Å². The van der Waals surface area contributed by atoms with E-state index < -0.39 is 5.60 Å². The summed E-state index contributed by atoms with van der Waals surface area (Å²) in [5.74, 6) is -0.340. The summed E-state index contributed by atoms with van der Waals surface area (Å²) in [6.45, 7) is 3.88. The molecule has 1 rings (SSSR count). The zero-order chi connectivity index (χ0) is 12.9. The van der Waals surface area contributed by atoms with Gasteiger partial charge in [0.25, 0.3) is 0 Å². The van der Waals surface area contributed by atoms with Gasteiger partial charge in [0.15, 0.2) is 0 Å². The first-order valence-electron chi connectivity index (χ1n) is 6.11. The lowest BCUT2D eigenvalue weighted by atomic mass is 9.91. The Morgan fingerprint density at radius 2 is 2.06 bits per heavy atom. The second-order valence-corrected chi connectivity index (χ2v) is 5.30. The molecule has 0 spiro atoms. The van der Waals surface area contributed by atoms with Gasteiger partial charge in [0.2, 0.25) is 0 Å². The monoisotopic (exact) mass is 258 g/mol. The van der Waals surface area contributed by atoms with Gasteiger partial charge in [-0.05, 0) is 31.0 Å². The van der Waals surface area contributed by atoms with E-state index in [0.29, 0.717) is 23.4 Å². The molecule has 0 saturated carbocycles. The van der Waals surface area contributed by atoms with Gasteiger partial charge in [-0.15, -0.1) is 0 Å². The maximum absolute atomic E-state index is 13.6. The Morgan fingerprint density at radius 3 is 2.65 bits per heavy atom. The van der Waals surface area contributed by atoms with E-state index in [1.807, 2.05) is 0 Å². The van der Waals surface area contributed by atoms with Gasteiger partial charge in [0.1, 0.15) is 5.82 Å². The molecule has 1 aromatic rings. The number of aliphatic hydroxyl groups is 1. The molecule has 0 heterocycles. The maximum atomic E-state index is 13.6. The normalized spacial score (nSPS) is 14.6. The zero-order valence-electron chi connectivity index (χ0n) is 10.5. The van der Waals surface area contributed by atoms with Crippen LogP contribution in [0.15, 0.2) is 18.2 Å². The van der Waals surface area contributed by atoms with Crippen LogP contribution in [0.5, 0.6) is 0 Å². The van der Waals surface area contributed by atoms with Crippen LogP contribution in [0.4, 0.5) is 4.39 Å². The van der Waals surface area contributed by atoms with Crippen molar-refractivity contribution in [2.24, 2.45) is 0 Å². The Hall–Kier alpha value is -0.600. The summed E-state index contributed by atoms with van der Waals surface area (Å²) in [7, 11) is 0. The molecule has 0 amide bonds. The third kappa shape index (κ3) is 5.05. The van der Waals surface area contributed by atoms with Crippen LogP contribution < -0.4 is 0 Å². The number of halogens is 2. The molecule has 96 valence electrons. The lowest BCUT2D eigenvalue weighted by Gasteiger charge is -2.23. The predicted molar refractivity (Wildman–Crippen MR) is 69.9 cm³/mol. The average Bonchev–Trinajstić information content (AvgIpc) is 2.22. The molecule has 1 aromatic carbocycles. The van der Waals surface area contributed by atoms with Crippen molar-refractivity contribution in [3.05, 3.63) is 34.6 Å². The van der Waals surface area contributed by atoms with E-state index in [9.17, 15) is 9.50 Å².